The molecule has 0 bridgehead atoms. The molecule has 1 aromatic heterocycles. The number of amides is 1. The van der Waals surface area contributed by atoms with Gasteiger partial charge in [-0.05, 0) is 36.8 Å². The van der Waals surface area contributed by atoms with Crippen molar-refractivity contribution in [1.82, 2.24) is 9.78 Å². The van der Waals surface area contributed by atoms with Gasteiger partial charge in [0.2, 0.25) is 5.91 Å². The highest BCUT2D eigenvalue weighted by atomic mass is 35.5. The third-order valence-corrected chi connectivity index (χ3v) is 5.32. The zero-order chi connectivity index (χ0) is 17.5. The topological polar surface area (TPSA) is 72.9 Å². The number of hydrogen-bond donors (Lipinski definition) is 2. The van der Waals surface area contributed by atoms with Gasteiger partial charge in [-0.3, -0.25) is 4.79 Å². The number of carbonyl (C=O) groups excluding carboxylic acids is 1. The molecule has 1 amide bonds. The van der Waals surface area contributed by atoms with Gasteiger partial charge in [0.25, 0.3) is 0 Å². The summed E-state index contributed by atoms with van der Waals surface area (Å²) in [4.78, 5) is 12.6. The van der Waals surface area contributed by atoms with E-state index in [1.807, 2.05) is 28.9 Å². The fraction of sp³-hybridized carbons (Fsp3) is 0.500. The van der Waals surface area contributed by atoms with Gasteiger partial charge in [-0.2, -0.15) is 5.10 Å². The van der Waals surface area contributed by atoms with E-state index >= 15 is 0 Å². The lowest BCUT2D eigenvalue weighted by Gasteiger charge is -2.35. The van der Waals surface area contributed by atoms with Crippen molar-refractivity contribution in [3.05, 3.63) is 48.2 Å². The normalized spacial score (nSPS) is 15.9. The Kier molecular flexibility index (Phi) is 7.66. The molecule has 1 fully saturated rings. The summed E-state index contributed by atoms with van der Waals surface area (Å²) in [5.74, 6) is 0.817. The van der Waals surface area contributed by atoms with Crippen LogP contribution in [0, 0.1) is 5.41 Å². The van der Waals surface area contributed by atoms with E-state index in [1.54, 1.807) is 6.20 Å². The van der Waals surface area contributed by atoms with Crippen LogP contribution in [0.5, 0.6) is 0 Å². The van der Waals surface area contributed by atoms with Crippen LogP contribution in [0.1, 0.15) is 44.1 Å². The number of carbonyl (C=O) groups is 1. The van der Waals surface area contributed by atoms with E-state index in [9.17, 15) is 4.79 Å². The van der Waals surface area contributed by atoms with E-state index in [0.717, 1.165) is 31.6 Å². The zero-order valence-corrected chi connectivity index (χ0v) is 16.0. The molecule has 1 heterocycles. The van der Waals surface area contributed by atoms with E-state index in [4.69, 9.17) is 5.73 Å². The molecule has 0 saturated heterocycles. The van der Waals surface area contributed by atoms with Crippen molar-refractivity contribution >= 4 is 24.1 Å². The average molecular weight is 377 g/mol. The molecule has 0 unspecified atom stereocenters. The van der Waals surface area contributed by atoms with E-state index in [1.165, 1.54) is 24.8 Å². The Bertz CT molecular complexity index is 680. The highest BCUT2D eigenvalue weighted by molar-refractivity contribution is 5.90. The molecule has 0 radical (unpaired) electrons. The molecule has 0 spiro atoms. The SMILES string of the molecule is Cl.NCC1(CC(=O)Nc2ccnn2CCc2ccccc2)CCCCC1. The second-order valence-electron chi connectivity index (χ2n) is 7.16. The predicted octanol–water partition coefficient (Wildman–Crippen LogP) is 3.79. The Labute approximate surface area is 161 Å². The zero-order valence-electron chi connectivity index (χ0n) is 15.2. The Morgan fingerprint density at radius 1 is 1.15 bits per heavy atom. The Hall–Kier alpha value is -1.85. The number of anilines is 1. The summed E-state index contributed by atoms with van der Waals surface area (Å²) in [6.45, 7) is 1.34. The van der Waals surface area contributed by atoms with E-state index in [2.05, 4.69) is 22.5 Å². The van der Waals surface area contributed by atoms with Crippen molar-refractivity contribution in [3.8, 4) is 0 Å². The van der Waals surface area contributed by atoms with Crippen LogP contribution in [0.3, 0.4) is 0 Å². The summed E-state index contributed by atoms with van der Waals surface area (Å²) in [6, 6.07) is 12.2. The molecule has 1 aliphatic carbocycles. The first-order valence-electron chi connectivity index (χ1n) is 9.26. The first kappa shape index (κ1) is 20.5. The van der Waals surface area contributed by atoms with Gasteiger partial charge in [0.05, 0.1) is 6.20 Å². The van der Waals surface area contributed by atoms with Crippen molar-refractivity contribution in [3.63, 3.8) is 0 Å². The fourth-order valence-electron chi connectivity index (χ4n) is 3.78. The highest BCUT2D eigenvalue weighted by Gasteiger charge is 2.33. The van der Waals surface area contributed by atoms with Gasteiger partial charge in [0.1, 0.15) is 5.82 Å². The van der Waals surface area contributed by atoms with Crippen LogP contribution in [0.2, 0.25) is 0 Å². The number of halogens is 1. The Morgan fingerprint density at radius 2 is 1.88 bits per heavy atom. The molecule has 0 aliphatic heterocycles. The van der Waals surface area contributed by atoms with Crippen LogP contribution in [-0.2, 0) is 17.8 Å². The van der Waals surface area contributed by atoms with Crippen molar-refractivity contribution in [2.24, 2.45) is 11.1 Å². The van der Waals surface area contributed by atoms with Crippen molar-refractivity contribution < 1.29 is 4.79 Å². The van der Waals surface area contributed by atoms with Crippen molar-refractivity contribution in [2.45, 2.75) is 51.5 Å². The van der Waals surface area contributed by atoms with Crippen LogP contribution < -0.4 is 11.1 Å². The van der Waals surface area contributed by atoms with Crippen LogP contribution in [0.25, 0.3) is 0 Å². The smallest absolute Gasteiger partial charge is 0.226 e. The highest BCUT2D eigenvalue weighted by Crippen LogP contribution is 2.38. The fourth-order valence-corrected chi connectivity index (χ4v) is 3.78. The standard InChI is InChI=1S/C20H28N4O.ClH/c21-16-20(11-5-2-6-12-20)15-19(25)23-18-9-13-22-24(18)14-10-17-7-3-1-4-8-17;/h1,3-4,7-9,13H,2,5-6,10-12,14-16,21H2,(H,23,25);1H. The molecule has 26 heavy (non-hydrogen) atoms. The molecule has 1 aliphatic rings. The maximum absolute atomic E-state index is 12.6. The molecular formula is C20H29ClN4O. The Balaban J connectivity index is 0.00000243. The minimum Gasteiger partial charge on any atom is -0.330 e. The number of rotatable bonds is 7. The summed E-state index contributed by atoms with van der Waals surface area (Å²) in [7, 11) is 0. The number of aryl methyl sites for hydroxylation is 2. The molecule has 2 aromatic rings. The lowest BCUT2D eigenvalue weighted by molar-refractivity contribution is -0.118. The maximum Gasteiger partial charge on any atom is 0.226 e. The second-order valence-corrected chi connectivity index (χ2v) is 7.16. The number of nitrogens with zero attached hydrogens (tertiary/aromatic N) is 2. The summed E-state index contributed by atoms with van der Waals surface area (Å²) < 4.78 is 1.86. The van der Waals surface area contributed by atoms with E-state index < -0.39 is 0 Å². The van der Waals surface area contributed by atoms with Gasteiger partial charge in [-0.15, -0.1) is 12.4 Å². The largest absolute Gasteiger partial charge is 0.330 e. The van der Waals surface area contributed by atoms with Gasteiger partial charge < -0.3 is 11.1 Å². The molecule has 3 rings (SSSR count). The molecule has 6 heteroatoms. The first-order chi connectivity index (χ1) is 12.2. The van der Waals surface area contributed by atoms with Gasteiger partial charge in [-0.1, -0.05) is 49.6 Å². The molecule has 142 valence electrons. The number of aromatic nitrogens is 2. The molecular weight excluding hydrogens is 348 g/mol. The first-order valence-corrected chi connectivity index (χ1v) is 9.26. The predicted molar refractivity (Wildman–Crippen MR) is 107 cm³/mol. The molecule has 1 saturated carbocycles. The number of hydrogen-bond acceptors (Lipinski definition) is 3. The monoisotopic (exact) mass is 376 g/mol. The summed E-state index contributed by atoms with van der Waals surface area (Å²) in [5.41, 5.74) is 7.25. The maximum atomic E-state index is 12.6. The molecule has 5 nitrogen and oxygen atoms in total. The van der Waals surface area contributed by atoms with E-state index in [0.29, 0.717) is 13.0 Å². The minimum atomic E-state index is -0.0166. The summed E-state index contributed by atoms with van der Waals surface area (Å²) in [6.07, 6.45) is 8.87. The number of nitrogens with one attached hydrogen (secondary N) is 1. The van der Waals surface area contributed by atoms with Crippen LogP contribution >= 0.6 is 12.4 Å². The Morgan fingerprint density at radius 3 is 2.58 bits per heavy atom. The lowest BCUT2D eigenvalue weighted by Crippen LogP contribution is -2.36. The van der Waals surface area contributed by atoms with Crippen LogP contribution in [-0.4, -0.2) is 22.2 Å². The molecule has 0 atom stereocenters. The van der Waals surface area contributed by atoms with Crippen molar-refractivity contribution in [2.75, 3.05) is 11.9 Å². The van der Waals surface area contributed by atoms with Crippen molar-refractivity contribution in [1.29, 1.82) is 0 Å². The number of benzene rings is 1. The molecule has 3 N–H and O–H groups in total. The van der Waals surface area contributed by atoms with E-state index in [-0.39, 0.29) is 23.7 Å². The van der Waals surface area contributed by atoms with Gasteiger partial charge in [0.15, 0.2) is 0 Å². The van der Waals surface area contributed by atoms with Gasteiger partial charge in [-0.25, -0.2) is 4.68 Å². The summed E-state index contributed by atoms with van der Waals surface area (Å²) in [5, 5.41) is 7.39. The number of nitrogens with two attached hydrogens (primary N) is 1. The average Bonchev–Trinajstić information content (AvgIpc) is 3.08. The third kappa shape index (κ3) is 5.32. The lowest BCUT2D eigenvalue weighted by atomic mass is 9.71. The minimum absolute atomic E-state index is 0. The summed E-state index contributed by atoms with van der Waals surface area (Å²) >= 11 is 0. The third-order valence-electron chi connectivity index (χ3n) is 5.32. The van der Waals surface area contributed by atoms with Gasteiger partial charge >= 0.3 is 0 Å². The van der Waals surface area contributed by atoms with Gasteiger partial charge in [0, 0.05) is 19.0 Å². The second kappa shape index (κ2) is 9.74. The quantitative estimate of drug-likeness (QED) is 0.772. The van der Waals surface area contributed by atoms with Crippen LogP contribution in [0.15, 0.2) is 42.6 Å². The van der Waals surface area contributed by atoms with Crippen LogP contribution in [0.4, 0.5) is 5.82 Å². The molecule has 1 aromatic carbocycles.